The number of aliphatic hydroxyl groups is 1. The summed E-state index contributed by atoms with van der Waals surface area (Å²) >= 11 is 0. The topological polar surface area (TPSA) is 46.2 Å². The Kier molecular flexibility index (Phi) is 6.20. The van der Waals surface area contributed by atoms with Gasteiger partial charge in [0.2, 0.25) is 0 Å². The Bertz CT molecular complexity index is 110. The number of rotatable bonds is 0. The summed E-state index contributed by atoms with van der Waals surface area (Å²) in [4.78, 5) is 0. The first-order valence-electron chi connectivity index (χ1n) is 6.22. The van der Waals surface area contributed by atoms with Gasteiger partial charge in [0.05, 0.1) is 6.10 Å². The SMILES string of the molecule is NC1CCCCC1.OC1CCCCC1. The maximum absolute atomic E-state index is 8.91. The van der Waals surface area contributed by atoms with Crippen molar-refractivity contribution in [2.24, 2.45) is 5.73 Å². The summed E-state index contributed by atoms with van der Waals surface area (Å²) in [5.74, 6) is 0. The number of hydrogen-bond donors (Lipinski definition) is 2. The van der Waals surface area contributed by atoms with Crippen LogP contribution < -0.4 is 5.73 Å². The van der Waals surface area contributed by atoms with E-state index < -0.39 is 0 Å². The third-order valence-electron chi connectivity index (χ3n) is 3.22. The van der Waals surface area contributed by atoms with E-state index >= 15 is 0 Å². The van der Waals surface area contributed by atoms with E-state index in [0.29, 0.717) is 6.04 Å². The van der Waals surface area contributed by atoms with Crippen molar-refractivity contribution in [1.29, 1.82) is 0 Å². The quantitative estimate of drug-likeness (QED) is 0.630. The molecular weight excluding hydrogens is 174 g/mol. The van der Waals surface area contributed by atoms with Gasteiger partial charge in [0.1, 0.15) is 0 Å². The van der Waals surface area contributed by atoms with E-state index in [0.717, 1.165) is 12.8 Å². The molecule has 0 aromatic carbocycles. The Labute approximate surface area is 87.9 Å². The average molecular weight is 199 g/mol. The van der Waals surface area contributed by atoms with E-state index in [2.05, 4.69) is 0 Å². The Hall–Kier alpha value is -0.0800. The van der Waals surface area contributed by atoms with Crippen LogP contribution in [0.1, 0.15) is 64.2 Å². The second-order valence-electron chi connectivity index (χ2n) is 4.69. The molecule has 2 aliphatic carbocycles. The molecule has 0 unspecified atom stereocenters. The highest BCUT2D eigenvalue weighted by atomic mass is 16.3. The van der Waals surface area contributed by atoms with Gasteiger partial charge in [0.25, 0.3) is 0 Å². The highest BCUT2D eigenvalue weighted by Crippen LogP contribution is 2.16. The fourth-order valence-electron chi connectivity index (χ4n) is 2.22. The molecule has 0 atom stereocenters. The van der Waals surface area contributed by atoms with Crippen molar-refractivity contribution in [3.8, 4) is 0 Å². The minimum absolute atomic E-state index is 0.0359. The molecule has 2 fully saturated rings. The van der Waals surface area contributed by atoms with Crippen LogP contribution in [0, 0.1) is 0 Å². The molecular formula is C12H25NO. The Morgan fingerprint density at radius 1 is 0.714 bits per heavy atom. The third kappa shape index (κ3) is 5.61. The van der Waals surface area contributed by atoms with Crippen molar-refractivity contribution < 1.29 is 5.11 Å². The second-order valence-corrected chi connectivity index (χ2v) is 4.69. The van der Waals surface area contributed by atoms with Crippen LogP contribution in [0.2, 0.25) is 0 Å². The van der Waals surface area contributed by atoms with Gasteiger partial charge in [-0.25, -0.2) is 0 Å². The van der Waals surface area contributed by atoms with Gasteiger partial charge in [-0.3, -0.25) is 0 Å². The number of hydrogen-bond acceptors (Lipinski definition) is 2. The molecule has 0 spiro atoms. The van der Waals surface area contributed by atoms with Crippen molar-refractivity contribution in [1.82, 2.24) is 0 Å². The summed E-state index contributed by atoms with van der Waals surface area (Å²) in [5, 5.41) is 8.91. The first-order valence-corrected chi connectivity index (χ1v) is 6.22. The standard InChI is InChI=1S/C6H13N.C6H12O/c2*7-6-4-2-1-3-5-6/h6H,1-5,7H2;6-7H,1-5H2. The molecule has 2 nitrogen and oxygen atoms in total. The van der Waals surface area contributed by atoms with Gasteiger partial charge < -0.3 is 10.8 Å². The predicted octanol–water partition coefficient (Wildman–Crippen LogP) is 2.59. The van der Waals surface area contributed by atoms with Gasteiger partial charge in [0, 0.05) is 6.04 Å². The van der Waals surface area contributed by atoms with Crippen molar-refractivity contribution in [3.63, 3.8) is 0 Å². The zero-order valence-electron chi connectivity index (χ0n) is 9.25. The lowest BCUT2D eigenvalue weighted by atomic mass is 9.97. The number of nitrogens with two attached hydrogens (primary N) is 1. The highest BCUT2D eigenvalue weighted by Gasteiger charge is 2.07. The predicted molar refractivity (Wildman–Crippen MR) is 60.2 cm³/mol. The summed E-state index contributed by atoms with van der Waals surface area (Å²) in [6.07, 6.45) is 12.6. The molecule has 0 aromatic rings. The fraction of sp³-hybridized carbons (Fsp3) is 1.00. The van der Waals surface area contributed by atoms with Gasteiger partial charge in [-0.1, -0.05) is 38.5 Å². The molecule has 0 radical (unpaired) electrons. The van der Waals surface area contributed by atoms with Crippen LogP contribution >= 0.6 is 0 Å². The molecule has 0 aromatic heterocycles. The molecule has 14 heavy (non-hydrogen) atoms. The lowest BCUT2D eigenvalue weighted by Crippen LogP contribution is -2.22. The van der Waals surface area contributed by atoms with E-state index in [1.807, 2.05) is 0 Å². The van der Waals surface area contributed by atoms with Crippen molar-refractivity contribution in [2.45, 2.75) is 76.4 Å². The molecule has 84 valence electrons. The van der Waals surface area contributed by atoms with Crippen LogP contribution in [0.15, 0.2) is 0 Å². The maximum atomic E-state index is 8.91. The van der Waals surface area contributed by atoms with E-state index in [9.17, 15) is 0 Å². The summed E-state index contributed by atoms with van der Waals surface area (Å²) in [6, 6.07) is 0.536. The van der Waals surface area contributed by atoms with Gasteiger partial charge in [0.15, 0.2) is 0 Å². The summed E-state index contributed by atoms with van der Waals surface area (Å²) in [7, 11) is 0. The summed E-state index contributed by atoms with van der Waals surface area (Å²) in [6.45, 7) is 0. The van der Waals surface area contributed by atoms with Crippen molar-refractivity contribution in [3.05, 3.63) is 0 Å². The zero-order valence-corrected chi connectivity index (χ0v) is 9.25. The largest absolute Gasteiger partial charge is 0.393 e. The van der Waals surface area contributed by atoms with Crippen molar-refractivity contribution >= 4 is 0 Å². The highest BCUT2D eigenvalue weighted by molar-refractivity contribution is 4.66. The van der Waals surface area contributed by atoms with Crippen LogP contribution in [0.4, 0.5) is 0 Å². The van der Waals surface area contributed by atoms with Gasteiger partial charge in [-0.15, -0.1) is 0 Å². The Morgan fingerprint density at radius 3 is 1.36 bits per heavy atom. The van der Waals surface area contributed by atoms with Gasteiger partial charge in [-0.05, 0) is 25.7 Å². The van der Waals surface area contributed by atoms with E-state index in [4.69, 9.17) is 10.8 Å². The second kappa shape index (κ2) is 7.24. The molecule has 0 heterocycles. The maximum Gasteiger partial charge on any atom is 0.0540 e. The van der Waals surface area contributed by atoms with Crippen LogP contribution in [0.5, 0.6) is 0 Å². The Balaban J connectivity index is 0.000000140. The monoisotopic (exact) mass is 199 g/mol. The first-order chi connectivity index (χ1) is 6.79. The van der Waals surface area contributed by atoms with E-state index in [1.54, 1.807) is 0 Å². The number of aliphatic hydroxyl groups excluding tert-OH is 1. The molecule has 2 heteroatoms. The molecule has 2 rings (SSSR count). The minimum atomic E-state index is 0.0359. The summed E-state index contributed by atoms with van der Waals surface area (Å²) in [5.41, 5.74) is 5.63. The molecule has 0 amide bonds. The minimum Gasteiger partial charge on any atom is -0.393 e. The van der Waals surface area contributed by atoms with Gasteiger partial charge in [-0.2, -0.15) is 0 Å². The lowest BCUT2D eigenvalue weighted by molar-refractivity contribution is 0.130. The molecule has 2 aliphatic rings. The fourth-order valence-corrected chi connectivity index (χ4v) is 2.22. The molecule has 0 aliphatic heterocycles. The average Bonchev–Trinajstić information content (AvgIpc) is 2.21. The molecule has 3 N–H and O–H groups in total. The summed E-state index contributed by atoms with van der Waals surface area (Å²) < 4.78 is 0. The lowest BCUT2D eigenvalue weighted by Gasteiger charge is -2.15. The van der Waals surface area contributed by atoms with Crippen LogP contribution in [-0.4, -0.2) is 17.3 Å². The van der Waals surface area contributed by atoms with Crippen LogP contribution in [0.25, 0.3) is 0 Å². The van der Waals surface area contributed by atoms with Crippen LogP contribution in [0.3, 0.4) is 0 Å². The normalized spacial score (nSPS) is 25.3. The smallest absolute Gasteiger partial charge is 0.0540 e. The zero-order chi connectivity index (χ0) is 10.2. The Morgan fingerprint density at radius 2 is 1.14 bits per heavy atom. The molecule has 2 saturated carbocycles. The first kappa shape index (κ1) is 12.0. The van der Waals surface area contributed by atoms with Crippen molar-refractivity contribution in [2.75, 3.05) is 0 Å². The molecule has 0 saturated heterocycles. The molecule has 0 bridgehead atoms. The van der Waals surface area contributed by atoms with E-state index in [-0.39, 0.29) is 6.10 Å². The third-order valence-corrected chi connectivity index (χ3v) is 3.22. The van der Waals surface area contributed by atoms with Crippen LogP contribution in [-0.2, 0) is 0 Å². The van der Waals surface area contributed by atoms with E-state index in [1.165, 1.54) is 51.4 Å². The van der Waals surface area contributed by atoms with Gasteiger partial charge >= 0.3 is 0 Å².